The van der Waals surface area contributed by atoms with Gasteiger partial charge in [-0.15, -0.1) is 0 Å². The lowest BCUT2D eigenvalue weighted by Gasteiger charge is -2.21. The van der Waals surface area contributed by atoms with Crippen LogP contribution < -0.4 is 5.32 Å². The summed E-state index contributed by atoms with van der Waals surface area (Å²) in [6.07, 6.45) is 2.20. The summed E-state index contributed by atoms with van der Waals surface area (Å²) < 4.78 is 10.1. The number of carbonyl (C=O) groups is 3. The predicted molar refractivity (Wildman–Crippen MR) is 78.8 cm³/mol. The van der Waals surface area contributed by atoms with Crippen LogP contribution in [0.2, 0.25) is 0 Å². The van der Waals surface area contributed by atoms with Gasteiger partial charge in [-0.1, -0.05) is 24.3 Å². The number of nitrogens with one attached hydrogen (secondary N) is 1. The van der Waals surface area contributed by atoms with E-state index in [-0.39, 0.29) is 11.3 Å². The Morgan fingerprint density at radius 2 is 1.78 bits per heavy atom. The summed E-state index contributed by atoms with van der Waals surface area (Å²) in [4.78, 5) is 35.7. The molecule has 0 spiro atoms. The van der Waals surface area contributed by atoms with Crippen molar-refractivity contribution >= 4 is 23.5 Å². The number of anilines is 1. The summed E-state index contributed by atoms with van der Waals surface area (Å²) in [6.45, 7) is 0. The molecule has 2 heterocycles. The van der Waals surface area contributed by atoms with Gasteiger partial charge in [-0.05, 0) is 12.1 Å². The fraction of sp³-hybridized carbons (Fsp3) is 0.312. The highest BCUT2D eigenvalue weighted by Crippen LogP contribution is 2.40. The van der Waals surface area contributed by atoms with Gasteiger partial charge in [0.1, 0.15) is 5.92 Å². The lowest BCUT2D eigenvalue weighted by Crippen LogP contribution is -2.39. The molecular formula is C16H15NO6. The molecule has 120 valence electrons. The van der Waals surface area contributed by atoms with Gasteiger partial charge in [0.05, 0.1) is 36.5 Å². The number of esters is 1. The molecule has 7 nitrogen and oxygen atoms in total. The number of methoxy groups -OCH3 is 1. The van der Waals surface area contributed by atoms with E-state index in [0.29, 0.717) is 0 Å². The molecule has 0 aromatic heterocycles. The van der Waals surface area contributed by atoms with Crippen LogP contribution in [-0.2, 0) is 19.1 Å². The van der Waals surface area contributed by atoms with Gasteiger partial charge in [-0.25, -0.2) is 4.79 Å². The van der Waals surface area contributed by atoms with Crippen LogP contribution in [0.25, 0.3) is 0 Å². The first-order chi connectivity index (χ1) is 11.0. The molecule has 0 radical (unpaired) electrons. The normalized spacial score (nSPS) is 27.7. The average molecular weight is 317 g/mol. The van der Waals surface area contributed by atoms with Crippen molar-refractivity contribution in [3.8, 4) is 0 Å². The molecule has 1 saturated heterocycles. The van der Waals surface area contributed by atoms with E-state index in [4.69, 9.17) is 4.74 Å². The molecule has 2 N–H and O–H groups in total. The van der Waals surface area contributed by atoms with Crippen molar-refractivity contribution in [1.82, 2.24) is 0 Å². The first kappa shape index (κ1) is 15.2. The minimum absolute atomic E-state index is 0.204. The van der Waals surface area contributed by atoms with Gasteiger partial charge in [0.15, 0.2) is 0 Å². The van der Waals surface area contributed by atoms with Crippen molar-refractivity contribution in [2.24, 2.45) is 11.8 Å². The number of benzene rings is 1. The predicted octanol–water partition coefficient (Wildman–Crippen LogP) is 1.07. The number of aliphatic carboxylic acids is 1. The Kier molecular flexibility index (Phi) is 3.87. The molecule has 1 aromatic carbocycles. The molecule has 7 heteroatoms. The van der Waals surface area contributed by atoms with E-state index in [0.717, 1.165) is 0 Å². The highest BCUT2D eigenvalue weighted by molar-refractivity contribution is 6.03. The van der Waals surface area contributed by atoms with Crippen LogP contribution in [0, 0.1) is 11.8 Å². The average Bonchev–Trinajstić information content (AvgIpc) is 3.15. The Bertz CT molecular complexity index is 698. The number of amides is 1. The van der Waals surface area contributed by atoms with Crippen LogP contribution in [-0.4, -0.2) is 42.3 Å². The Morgan fingerprint density at radius 3 is 2.43 bits per heavy atom. The minimum atomic E-state index is -1.08. The lowest BCUT2D eigenvalue weighted by atomic mass is 9.82. The quantitative estimate of drug-likeness (QED) is 0.636. The van der Waals surface area contributed by atoms with Crippen molar-refractivity contribution < 1.29 is 29.0 Å². The molecule has 0 saturated carbocycles. The number of rotatable bonds is 4. The van der Waals surface area contributed by atoms with Crippen LogP contribution >= 0.6 is 0 Å². The molecule has 1 amide bonds. The van der Waals surface area contributed by atoms with Crippen molar-refractivity contribution in [3.05, 3.63) is 42.0 Å². The third-order valence-electron chi connectivity index (χ3n) is 4.08. The Balaban J connectivity index is 1.84. The maximum Gasteiger partial charge on any atom is 0.339 e. The molecule has 2 aliphatic rings. The van der Waals surface area contributed by atoms with Crippen LogP contribution in [0.15, 0.2) is 36.4 Å². The topological polar surface area (TPSA) is 102 Å². The van der Waals surface area contributed by atoms with Crippen molar-refractivity contribution in [1.29, 1.82) is 0 Å². The lowest BCUT2D eigenvalue weighted by molar-refractivity contribution is -0.145. The first-order valence-electron chi connectivity index (χ1n) is 7.07. The molecule has 1 aromatic rings. The van der Waals surface area contributed by atoms with Gasteiger partial charge < -0.3 is 19.9 Å². The number of carbonyl (C=O) groups excluding carboxylic acids is 2. The Morgan fingerprint density at radius 1 is 1.13 bits per heavy atom. The zero-order valence-corrected chi connectivity index (χ0v) is 12.3. The van der Waals surface area contributed by atoms with E-state index in [1.807, 2.05) is 0 Å². The van der Waals surface area contributed by atoms with Crippen LogP contribution in [0.5, 0.6) is 0 Å². The zero-order chi connectivity index (χ0) is 16.6. The van der Waals surface area contributed by atoms with Crippen molar-refractivity contribution in [2.45, 2.75) is 12.2 Å². The fourth-order valence-electron chi connectivity index (χ4n) is 3.01. The molecule has 4 atom stereocenters. The standard InChI is InChI=1S/C16H15NO6/c1-22-16(21)8-4-2-3-5-9(8)17-14(18)12-10-6-7-11(23-10)13(12)15(19)20/h2-7,10-13H,1H3,(H,17,18)(H,19,20)/t10-,11+,12-,13+/m1/s1. The van der Waals surface area contributed by atoms with E-state index >= 15 is 0 Å². The largest absolute Gasteiger partial charge is 0.481 e. The van der Waals surface area contributed by atoms with E-state index < -0.39 is 41.9 Å². The maximum absolute atomic E-state index is 12.5. The number of para-hydroxylation sites is 1. The van der Waals surface area contributed by atoms with Gasteiger partial charge in [0, 0.05) is 0 Å². The number of hydrogen-bond donors (Lipinski definition) is 2. The first-order valence-corrected chi connectivity index (χ1v) is 7.07. The van der Waals surface area contributed by atoms with Crippen LogP contribution in [0.3, 0.4) is 0 Å². The Labute approximate surface area is 131 Å². The summed E-state index contributed by atoms with van der Waals surface area (Å²) in [6, 6.07) is 6.39. The monoisotopic (exact) mass is 317 g/mol. The molecule has 3 rings (SSSR count). The van der Waals surface area contributed by atoms with Crippen LogP contribution in [0.4, 0.5) is 5.69 Å². The van der Waals surface area contributed by atoms with Crippen molar-refractivity contribution in [2.75, 3.05) is 12.4 Å². The molecule has 23 heavy (non-hydrogen) atoms. The van der Waals surface area contributed by atoms with Gasteiger partial charge in [-0.3, -0.25) is 9.59 Å². The number of fused-ring (bicyclic) bond motifs is 2. The summed E-state index contributed by atoms with van der Waals surface area (Å²) in [5.74, 6) is -3.93. The summed E-state index contributed by atoms with van der Waals surface area (Å²) in [5.41, 5.74) is 0.482. The molecule has 0 unspecified atom stereocenters. The summed E-state index contributed by atoms with van der Waals surface area (Å²) >= 11 is 0. The van der Waals surface area contributed by atoms with Crippen molar-refractivity contribution in [3.63, 3.8) is 0 Å². The SMILES string of the molecule is COC(=O)c1ccccc1NC(=O)[C@H]1[C@@H](C(=O)O)[C@@H]2C=C[C@H]1O2. The summed E-state index contributed by atoms with van der Waals surface area (Å²) in [7, 11) is 1.25. The number of hydrogen-bond acceptors (Lipinski definition) is 5. The fourth-order valence-corrected chi connectivity index (χ4v) is 3.01. The molecule has 2 bridgehead atoms. The zero-order valence-electron chi connectivity index (χ0n) is 12.3. The molecule has 1 fully saturated rings. The van der Waals surface area contributed by atoms with Crippen LogP contribution in [0.1, 0.15) is 10.4 Å². The smallest absolute Gasteiger partial charge is 0.339 e. The van der Waals surface area contributed by atoms with Gasteiger partial charge in [0.25, 0.3) is 0 Å². The summed E-state index contributed by atoms with van der Waals surface area (Å²) in [5, 5.41) is 12.0. The van der Waals surface area contributed by atoms with Gasteiger partial charge >= 0.3 is 11.9 Å². The highest BCUT2D eigenvalue weighted by atomic mass is 16.5. The van der Waals surface area contributed by atoms with E-state index in [1.165, 1.54) is 13.2 Å². The maximum atomic E-state index is 12.5. The number of carboxylic acids is 1. The molecule has 0 aliphatic carbocycles. The van der Waals surface area contributed by atoms with E-state index in [2.05, 4.69) is 10.1 Å². The third-order valence-corrected chi connectivity index (χ3v) is 4.08. The number of ether oxygens (including phenoxy) is 2. The van der Waals surface area contributed by atoms with Gasteiger partial charge in [-0.2, -0.15) is 0 Å². The second-order valence-corrected chi connectivity index (χ2v) is 5.37. The molecule has 2 aliphatic heterocycles. The second kappa shape index (κ2) is 5.85. The number of carboxylic acid groups (broad SMARTS) is 1. The van der Waals surface area contributed by atoms with Gasteiger partial charge in [0.2, 0.25) is 5.91 Å². The Hall–Kier alpha value is -2.67. The minimum Gasteiger partial charge on any atom is -0.481 e. The van der Waals surface area contributed by atoms with E-state index in [9.17, 15) is 19.5 Å². The van der Waals surface area contributed by atoms with E-state index in [1.54, 1.807) is 30.4 Å². The third kappa shape index (κ3) is 2.59. The molecular weight excluding hydrogens is 302 g/mol. The second-order valence-electron chi connectivity index (χ2n) is 5.37. The highest BCUT2D eigenvalue weighted by Gasteiger charge is 2.53.